The highest BCUT2D eigenvalue weighted by Gasteiger charge is 2.24. The monoisotopic (exact) mass is 342 g/mol. The average molecular weight is 342 g/mol. The Morgan fingerprint density at radius 1 is 1.32 bits per heavy atom. The summed E-state index contributed by atoms with van der Waals surface area (Å²) in [6.07, 6.45) is 0. The third-order valence-corrected chi connectivity index (χ3v) is 3.91. The van der Waals surface area contributed by atoms with Gasteiger partial charge in [-0.1, -0.05) is 17.3 Å². The lowest BCUT2D eigenvalue weighted by atomic mass is 10.2. The minimum Gasteiger partial charge on any atom is -0.472 e. The smallest absolute Gasteiger partial charge is 0.225 e. The standard InChI is InChI=1S/C18H19FN4O2/c1-12-6-7-16(17(22-24)23-9-8-20-13(23)2)18(21-12)25-11-14-4-3-5-15(19)10-14/h3-7,10,24H,8-9,11H2,1-2H3/b22-17-. The summed E-state index contributed by atoms with van der Waals surface area (Å²) in [5, 5.41) is 13.0. The maximum atomic E-state index is 13.3. The first-order valence-electron chi connectivity index (χ1n) is 7.94. The highest BCUT2D eigenvalue weighted by molar-refractivity contribution is 6.10. The van der Waals surface area contributed by atoms with Crippen LogP contribution in [0.5, 0.6) is 5.88 Å². The highest BCUT2D eigenvalue weighted by atomic mass is 19.1. The number of halogens is 1. The lowest BCUT2D eigenvalue weighted by Crippen LogP contribution is -2.34. The van der Waals surface area contributed by atoms with E-state index < -0.39 is 0 Å². The number of oxime groups is 1. The summed E-state index contributed by atoms with van der Waals surface area (Å²) in [6, 6.07) is 9.81. The van der Waals surface area contributed by atoms with Gasteiger partial charge in [-0.3, -0.25) is 4.99 Å². The Balaban J connectivity index is 1.88. The summed E-state index contributed by atoms with van der Waals surface area (Å²) < 4.78 is 19.1. The fourth-order valence-corrected chi connectivity index (χ4v) is 2.66. The molecule has 1 aromatic heterocycles. The molecule has 1 N–H and O–H groups in total. The van der Waals surface area contributed by atoms with E-state index in [4.69, 9.17) is 4.74 Å². The van der Waals surface area contributed by atoms with E-state index in [0.717, 1.165) is 11.5 Å². The first kappa shape index (κ1) is 16.9. The maximum absolute atomic E-state index is 13.3. The Kier molecular flexibility index (Phi) is 4.92. The molecule has 0 bridgehead atoms. The van der Waals surface area contributed by atoms with E-state index in [9.17, 15) is 9.60 Å². The molecule has 25 heavy (non-hydrogen) atoms. The number of hydrogen-bond acceptors (Lipinski definition) is 5. The molecule has 0 fully saturated rings. The van der Waals surface area contributed by atoms with Gasteiger partial charge in [0.1, 0.15) is 18.3 Å². The molecule has 3 rings (SSSR count). The molecule has 0 radical (unpaired) electrons. The number of nitrogens with zero attached hydrogens (tertiary/aromatic N) is 4. The van der Waals surface area contributed by atoms with Gasteiger partial charge in [0.05, 0.1) is 12.1 Å². The molecule has 0 spiro atoms. The fourth-order valence-electron chi connectivity index (χ4n) is 2.66. The van der Waals surface area contributed by atoms with E-state index in [-0.39, 0.29) is 12.4 Å². The van der Waals surface area contributed by atoms with E-state index in [1.165, 1.54) is 12.1 Å². The zero-order chi connectivity index (χ0) is 17.8. The van der Waals surface area contributed by atoms with E-state index in [0.29, 0.717) is 35.9 Å². The van der Waals surface area contributed by atoms with E-state index >= 15 is 0 Å². The number of ether oxygens (including phenoxy) is 1. The van der Waals surface area contributed by atoms with Gasteiger partial charge in [-0.15, -0.1) is 0 Å². The van der Waals surface area contributed by atoms with Crippen LogP contribution < -0.4 is 4.74 Å². The third-order valence-electron chi connectivity index (χ3n) is 3.91. The summed E-state index contributed by atoms with van der Waals surface area (Å²) in [6.45, 7) is 5.13. The molecule has 0 amide bonds. The Morgan fingerprint density at radius 2 is 2.16 bits per heavy atom. The van der Waals surface area contributed by atoms with Crippen LogP contribution >= 0.6 is 0 Å². The van der Waals surface area contributed by atoms with Gasteiger partial charge in [0.25, 0.3) is 0 Å². The van der Waals surface area contributed by atoms with Crippen molar-refractivity contribution in [2.24, 2.45) is 10.1 Å². The van der Waals surface area contributed by atoms with Gasteiger partial charge in [-0.05, 0) is 43.7 Å². The summed E-state index contributed by atoms with van der Waals surface area (Å²) >= 11 is 0. The van der Waals surface area contributed by atoms with Crippen LogP contribution in [0, 0.1) is 12.7 Å². The largest absolute Gasteiger partial charge is 0.472 e. The minimum absolute atomic E-state index is 0.160. The molecule has 0 aliphatic carbocycles. The van der Waals surface area contributed by atoms with Crippen LogP contribution in [0.3, 0.4) is 0 Å². The first-order valence-corrected chi connectivity index (χ1v) is 7.94. The molecule has 7 heteroatoms. The summed E-state index contributed by atoms with van der Waals surface area (Å²) in [5.41, 5.74) is 2.01. The molecule has 0 saturated heterocycles. The molecule has 1 aliphatic heterocycles. The Hall–Kier alpha value is -2.96. The van der Waals surface area contributed by atoms with Crippen molar-refractivity contribution < 1.29 is 14.3 Å². The number of amidine groups is 2. The van der Waals surface area contributed by atoms with Gasteiger partial charge < -0.3 is 14.8 Å². The number of aliphatic imine (C=N–C) groups is 1. The van der Waals surface area contributed by atoms with Crippen LogP contribution in [-0.4, -0.2) is 39.9 Å². The summed E-state index contributed by atoms with van der Waals surface area (Å²) in [5.74, 6) is 1.11. The van der Waals surface area contributed by atoms with Crippen molar-refractivity contribution in [3.63, 3.8) is 0 Å². The molecule has 0 saturated carbocycles. The highest BCUT2D eigenvalue weighted by Crippen LogP contribution is 2.22. The van der Waals surface area contributed by atoms with Crippen LogP contribution in [0.1, 0.15) is 23.7 Å². The predicted molar refractivity (Wildman–Crippen MR) is 92.7 cm³/mol. The van der Waals surface area contributed by atoms with Crippen LogP contribution in [0.2, 0.25) is 0 Å². The van der Waals surface area contributed by atoms with Gasteiger partial charge in [-0.2, -0.15) is 0 Å². The fraction of sp³-hybridized carbons (Fsp3) is 0.278. The molecule has 0 unspecified atom stereocenters. The van der Waals surface area contributed by atoms with Crippen LogP contribution in [0.15, 0.2) is 46.5 Å². The molecule has 1 aromatic carbocycles. The van der Waals surface area contributed by atoms with Crippen molar-refractivity contribution >= 4 is 11.7 Å². The second-order valence-electron chi connectivity index (χ2n) is 5.73. The van der Waals surface area contributed by atoms with Gasteiger partial charge >= 0.3 is 0 Å². The summed E-state index contributed by atoms with van der Waals surface area (Å²) in [4.78, 5) is 10.5. The van der Waals surface area contributed by atoms with Gasteiger partial charge in [0, 0.05) is 12.2 Å². The molecule has 6 nitrogen and oxygen atoms in total. The Labute approximate surface area is 145 Å². The second kappa shape index (κ2) is 7.29. The topological polar surface area (TPSA) is 70.3 Å². The Bertz CT molecular complexity index is 836. The molecule has 2 aromatic rings. The number of pyridine rings is 1. The van der Waals surface area contributed by atoms with Crippen molar-refractivity contribution in [3.8, 4) is 5.88 Å². The first-order chi connectivity index (χ1) is 12.1. The van der Waals surface area contributed by atoms with E-state index in [1.54, 1.807) is 23.1 Å². The molecular formula is C18H19FN4O2. The number of aromatic nitrogens is 1. The zero-order valence-electron chi connectivity index (χ0n) is 14.1. The third kappa shape index (κ3) is 3.76. The normalized spacial score (nSPS) is 14.6. The van der Waals surface area contributed by atoms with Crippen molar-refractivity contribution in [2.45, 2.75) is 20.5 Å². The SMILES string of the molecule is CC1=NCCN1/C(=N\O)c1ccc(C)nc1OCc1cccc(F)c1. The molecule has 1 aliphatic rings. The van der Waals surface area contributed by atoms with Crippen molar-refractivity contribution in [1.29, 1.82) is 0 Å². The number of hydrogen-bond donors (Lipinski definition) is 1. The zero-order valence-corrected chi connectivity index (χ0v) is 14.1. The van der Waals surface area contributed by atoms with Crippen LogP contribution in [0.25, 0.3) is 0 Å². The number of aryl methyl sites for hydroxylation is 1. The van der Waals surface area contributed by atoms with Crippen molar-refractivity contribution in [1.82, 2.24) is 9.88 Å². The number of benzene rings is 1. The number of rotatable bonds is 4. The van der Waals surface area contributed by atoms with Crippen LogP contribution in [-0.2, 0) is 6.61 Å². The lowest BCUT2D eigenvalue weighted by Gasteiger charge is -2.21. The lowest BCUT2D eigenvalue weighted by molar-refractivity contribution is 0.289. The molecule has 130 valence electrons. The van der Waals surface area contributed by atoms with Gasteiger partial charge in [0.2, 0.25) is 5.88 Å². The second-order valence-corrected chi connectivity index (χ2v) is 5.73. The Morgan fingerprint density at radius 3 is 2.84 bits per heavy atom. The maximum Gasteiger partial charge on any atom is 0.225 e. The van der Waals surface area contributed by atoms with Crippen LogP contribution in [0.4, 0.5) is 4.39 Å². The van der Waals surface area contributed by atoms with Crippen molar-refractivity contribution in [2.75, 3.05) is 13.1 Å². The van der Waals surface area contributed by atoms with Gasteiger partial charge in [0.15, 0.2) is 5.84 Å². The summed E-state index contributed by atoms with van der Waals surface area (Å²) in [7, 11) is 0. The van der Waals surface area contributed by atoms with E-state index in [2.05, 4.69) is 15.1 Å². The predicted octanol–water partition coefficient (Wildman–Crippen LogP) is 2.98. The average Bonchev–Trinajstić information content (AvgIpc) is 3.01. The molecule has 0 atom stereocenters. The van der Waals surface area contributed by atoms with Gasteiger partial charge in [-0.25, -0.2) is 9.37 Å². The van der Waals surface area contributed by atoms with Crippen molar-refractivity contribution in [3.05, 3.63) is 59.0 Å². The van der Waals surface area contributed by atoms with E-state index in [1.807, 2.05) is 19.9 Å². The molecule has 2 heterocycles. The minimum atomic E-state index is -0.319. The molecular weight excluding hydrogens is 323 g/mol. The quantitative estimate of drug-likeness (QED) is 0.401.